The molecule has 0 bridgehead atoms. The van der Waals surface area contributed by atoms with E-state index in [2.05, 4.69) is 28.9 Å². The zero-order valence-corrected chi connectivity index (χ0v) is 17.2. The van der Waals surface area contributed by atoms with Crippen molar-refractivity contribution in [3.8, 4) is 11.3 Å². The molecule has 27 heavy (non-hydrogen) atoms. The molecule has 0 atom stereocenters. The first kappa shape index (κ1) is 19.9. The molecule has 2 aromatic rings. The molecular weight excluding hydrogens is 364 g/mol. The Hall–Kier alpha value is -1.84. The van der Waals surface area contributed by atoms with Crippen molar-refractivity contribution in [3.05, 3.63) is 30.5 Å². The molecule has 8 nitrogen and oxygen atoms in total. The summed E-state index contributed by atoms with van der Waals surface area (Å²) in [6.45, 7) is 5.29. The maximum absolute atomic E-state index is 12.2. The molecule has 2 aromatic heterocycles. The van der Waals surface area contributed by atoms with Crippen molar-refractivity contribution in [2.45, 2.75) is 39.2 Å². The smallest absolute Gasteiger partial charge is 0.270 e. The molecule has 0 aromatic carbocycles. The van der Waals surface area contributed by atoms with Crippen LogP contribution in [0, 0.1) is 5.92 Å². The van der Waals surface area contributed by atoms with Gasteiger partial charge in [-0.05, 0) is 39.0 Å². The number of rotatable bonds is 6. The minimum Gasteiger partial charge on any atom is -0.270 e. The van der Waals surface area contributed by atoms with Gasteiger partial charge in [0.2, 0.25) is 0 Å². The first-order valence-electron chi connectivity index (χ1n) is 9.30. The summed E-state index contributed by atoms with van der Waals surface area (Å²) in [5, 5.41) is 4.34. The van der Waals surface area contributed by atoms with Crippen LogP contribution in [0.15, 0.2) is 24.8 Å². The van der Waals surface area contributed by atoms with Crippen LogP contribution in [0.3, 0.4) is 0 Å². The molecule has 1 aliphatic heterocycles. The van der Waals surface area contributed by atoms with E-state index in [9.17, 15) is 8.42 Å². The molecule has 3 rings (SSSR count). The zero-order chi connectivity index (χ0) is 19.6. The summed E-state index contributed by atoms with van der Waals surface area (Å²) in [6, 6.07) is 0.313. The monoisotopic (exact) mass is 392 g/mol. The van der Waals surface area contributed by atoms with Crippen LogP contribution in [0.1, 0.15) is 38.4 Å². The SMILES string of the molecule is CC(C)n1cc(-c2cnc(CC3CCN(S(=O)(=O)N(C)C)CC3)cn2)cn1. The Morgan fingerprint density at radius 2 is 1.85 bits per heavy atom. The highest BCUT2D eigenvalue weighted by atomic mass is 32.2. The topological polar surface area (TPSA) is 84.2 Å². The first-order valence-corrected chi connectivity index (χ1v) is 10.7. The van der Waals surface area contributed by atoms with Crippen LogP contribution < -0.4 is 0 Å². The van der Waals surface area contributed by atoms with Gasteiger partial charge in [-0.3, -0.25) is 14.6 Å². The van der Waals surface area contributed by atoms with Crippen LogP contribution in [-0.4, -0.2) is 64.0 Å². The van der Waals surface area contributed by atoms with Crippen LogP contribution in [0.4, 0.5) is 0 Å². The number of hydrogen-bond acceptors (Lipinski definition) is 5. The van der Waals surface area contributed by atoms with Crippen LogP contribution in [-0.2, 0) is 16.6 Å². The van der Waals surface area contributed by atoms with Gasteiger partial charge in [0.15, 0.2) is 0 Å². The third-order valence-electron chi connectivity index (χ3n) is 4.99. The molecule has 0 saturated carbocycles. The van der Waals surface area contributed by atoms with Gasteiger partial charge in [-0.2, -0.15) is 22.1 Å². The fourth-order valence-electron chi connectivity index (χ4n) is 3.23. The Morgan fingerprint density at radius 3 is 2.37 bits per heavy atom. The van der Waals surface area contributed by atoms with Gasteiger partial charge < -0.3 is 0 Å². The highest BCUT2D eigenvalue weighted by Gasteiger charge is 2.29. The van der Waals surface area contributed by atoms with Gasteiger partial charge in [0.1, 0.15) is 0 Å². The summed E-state index contributed by atoms with van der Waals surface area (Å²) in [4.78, 5) is 9.10. The van der Waals surface area contributed by atoms with Crippen molar-refractivity contribution in [3.63, 3.8) is 0 Å². The maximum atomic E-state index is 12.2. The van der Waals surface area contributed by atoms with Gasteiger partial charge in [0.05, 0.1) is 23.8 Å². The van der Waals surface area contributed by atoms with Gasteiger partial charge >= 0.3 is 0 Å². The fraction of sp³-hybridized carbons (Fsp3) is 0.611. The number of nitrogens with zero attached hydrogens (tertiary/aromatic N) is 6. The number of piperidine rings is 1. The van der Waals surface area contributed by atoms with Gasteiger partial charge in [-0.25, -0.2) is 0 Å². The summed E-state index contributed by atoms with van der Waals surface area (Å²) in [5.41, 5.74) is 2.73. The molecule has 1 fully saturated rings. The van der Waals surface area contributed by atoms with Crippen molar-refractivity contribution in [2.75, 3.05) is 27.2 Å². The Morgan fingerprint density at radius 1 is 1.15 bits per heavy atom. The van der Waals surface area contributed by atoms with E-state index in [0.717, 1.165) is 36.2 Å². The molecule has 0 amide bonds. The largest absolute Gasteiger partial charge is 0.281 e. The van der Waals surface area contributed by atoms with Crippen molar-refractivity contribution >= 4 is 10.2 Å². The summed E-state index contributed by atoms with van der Waals surface area (Å²) >= 11 is 0. The van der Waals surface area contributed by atoms with E-state index in [1.807, 2.05) is 23.3 Å². The van der Waals surface area contributed by atoms with Crippen molar-refractivity contribution < 1.29 is 8.42 Å². The Kier molecular flexibility index (Phi) is 5.92. The molecule has 9 heteroatoms. The maximum Gasteiger partial charge on any atom is 0.281 e. The number of hydrogen-bond donors (Lipinski definition) is 0. The molecule has 0 aliphatic carbocycles. The molecule has 0 radical (unpaired) electrons. The second kappa shape index (κ2) is 8.04. The summed E-state index contributed by atoms with van der Waals surface area (Å²) < 4.78 is 29.1. The lowest BCUT2D eigenvalue weighted by atomic mass is 9.93. The molecule has 148 valence electrons. The van der Waals surface area contributed by atoms with E-state index in [-0.39, 0.29) is 0 Å². The third-order valence-corrected chi connectivity index (χ3v) is 6.93. The molecule has 0 N–H and O–H groups in total. The summed E-state index contributed by atoms with van der Waals surface area (Å²) in [7, 11) is -0.160. The Balaban J connectivity index is 1.58. The summed E-state index contributed by atoms with van der Waals surface area (Å²) in [6.07, 6.45) is 9.93. The predicted molar refractivity (Wildman–Crippen MR) is 104 cm³/mol. The van der Waals surface area contributed by atoms with Gasteiger partial charge in [-0.15, -0.1) is 0 Å². The van der Waals surface area contributed by atoms with Gasteiger partial charge in [0.25, 0.3) is 10.2 Å². The van der Waals surface area contributed by atoms with E-state index in [0.29, 0.717) is 25.0 Å². The van der Waals surface area contributed by atoms with Crippen molar-refractivity contribution in [1.82, 2.24) is 28.4 Å². The zero-order valence-electron chi connectivity index (χ0n) is 16.4. The highest BCUT2D eigenvalue weighted by molar-refractivity contribution is 7.86. The molecule has 0 unspecified atom stereocenters. The van der Waals surface area contributed by atoms with Gasteiger partial charge in [-0.1, -0.05) is 0 Å². The van der Waals surface area contributed by atoms with Crippen molar-refractivity contribution in [2.24, 2.45) is 5.92 Å². The van der Waals surface area contributed by atoms with E-state index < -0.39 is 10.2 Å². The predicted octanol–water partition coefficient (Wildman–Crippen LogP) is 1.98. The average Bonchev–Trinajstić information content (AvgIpc) is 3.13. The molecule has 1 saturated heterocycles. The van der Waals surface area contributed by atoms with E-state index in [1.165, 1.54) is 4.31 Å². The quantitative estimate of drug-likeness (QED) is 0.750. The number of aromatic nitrogens is 4. The minimum atomic E-state index is -3.31. The third kappa shape index (κ3) is 4.53. The van der Waals surface area contributed by atoms with E-state index in [4.69, 9.17) is 0 Å². The van der Waals surface area contributed by atoms with E-state index in [1.54, 1.807) is 24.6 Å². The molecular formula is C18H28N6O2S. The lowest BCUT2D eigenvalue weighted by Gasteiger charge is -2.32. The average molecular weight is 393 g/mol. The second-order valence-electron chi connectivity index (χ2n) is 7.53. The molecule has 0 spiro atoms. The van der Waals surface area contributed by atoms with Crippen LogP contribution in [0.25, 0.3) is 11.3 Å². The molecule has 3 heterocycles. The lowest BCUT2D eigenvalue weighted by Crippen LogP contribution is -2.44. The van der Waals surface area contributed by atoms with E-state index >= 15 is 0 Å². The second-order valence-corrected chi connectivity index (χ2v) is 9.67. The minimum absolute atomic E-state index is 0.313. The first-order chi connectivity index (χ1) is 12.8. The normalized spacial score (nSPS) is 17.1. The van der Waals surface area contributed by atoms with Crippen LogP contribution >= 0.6 is 0 Å². The fourth-order valence-corrected chi connectivity index (χ4v) is 4.37. The summed E-state index contributed by atoms with van der Waals surface area (Å²) in [5.74, 6) is 0.433. The van der Waals surface area contributed by atoms with Crippen LogP contribution in [0.2, 0.25) is 0 Å². The molecule has 1 aliphatic rings. The highest BCUT2D eigenvalue weighted by Crippen LogP contribution is 2.24. The Labute approximate surface area is 161 Å². The Bertz CT molecular complexity index is 852. The lowest BCUT2D eigenvalue weighted by molar-refractivity contribution is 0.261. The van der Waals surface area contributed by atoms with Crippen LogP contribution in [0.5, 0.6) is 0 Å². The standard InChI is InChI=1S/C18H28N6O2S/c1-14(2)24-13-16(10-21-24)18-12-19-17(11-20-18)9-15-5-7-23(8-6-15)27(25,26)22(3)4/h10-15H,5-9H2,1-4H3. The van der Waals surface area contributed by atoms with Gasteiger partial charge in [0, 0.05) is 51.2 Å². The van der Waals surface area contributed by atoms with Crippen molar-refractivity contribution in [1.29, 1.82) is 0 Å².